The largest absolute Gasteiger partial charge is 0.492 e. The molecule has 17 heavy (non-hydrogen) atoms. The second-order valence-electron chi connectivity index (χ2n) is 4.99. The first kappa shape index (κ1) is 14.1. The monoisotopic (exact) mass is 238 g/mol. The Bertz CT molecular complexity index is 342. The first-order chi connectivity index (χ1) is 8.11. The SMILES string of the molecule is CCCCc1c(O)nn(C(C)C)c1CCCC. The van der Waals surface area contributed by atoms with E-state index in [2.05, 4.69) is 32.8 Å². The molecule has 0 atom stereocenters. The van der Waals surface area contributed by atoms with E-state index in [1.54, 1.807) is 0 Å². The lowest BCUT2D eigenvalue weighted by Gasteiger charge is -2.11. The van der Waals surface area contributed by atoms with Crippen molar-refractivity contribution in [3.05, 3.63) is 11.3 Å². The lowest BCUT2D eigenvalue weighted by Crippen LogP contribution is -2.08. The van der Waals surface area contributed by atoms with Crippen LogP contribution in [0.1, 0.15) is 70.7 Å². The molecule has 0 saturated heterocycles. The number of rotatable bonds is 7. The molecule has 0 amide bonds. The Balaban J connectivity index is 2.98. The minimum absolute atomic E-state index is 0.248. The van der Waals surface area contributed by atoms with E-state index in [0.29, 0.717) is 6.04 Å². The van der Waals surface area contributed by atoms with Crippen LogP contribution in [0.2, 0.25) is 0 Å². The van der Waals surface area contributed by atoms with Crippen molar-refractivity contribution in [2.45, 2.75) is 72.3 Å². The van der Waals surface area contributed by atoms with E-state index in [1.165, 1.54) is 12.1 Å². The van der Waals surface area contributed by atoms with Crippen molar-refractivity contribution in [3.8, 4) is 5.88 Å². The van der Waals surface area contributed by atoms with Gasteiger partial charge in [-0.3, -0.25) is 4.68 Å². The number of hydrogen-bond donors (Lipinski definition) is 1. The average Bonchev–Trinajstić information content (AvgIpc) is 2.61. The summed E-state index contributed by atoms with van der Waals surface area (Å²) >= 11 is 0. The molecule has 0 aliphatic rings. The van der Waals surface area contributed by atoms with Gasteiger partial charge in [-0.05, 0) is 39.5 Å². The van der Waals surface area contributed by atoms with Crippen LogP contribution < -0.4 is 0 Å². The Morgan fingerprint density at radius 2 is 1.71 bits per heavy atom. The van der Waals surface area contributed by atoms with E-state index in [1.807, 2.05) is 4.68 Å². The Labute approximate surface area is 105 Å². The Hall–Kier alpha value is -0.990. The lowest BCUT2D eigenvalue weighted by atomic mass is 10.0. The molecule has 3 heteroatoms. The molecular formula is C14H26N2O. The number of hydrogen-bond acceptors (Lipinski definition) is 2. The average molecular weight is 238 g/mol. The predicted octanol–water partition coefficient (Wildman–Crippen LogP) is 3.85. The zero-order valence-corrected chi connectivity index (χ0v) is 11.7. The first-order valence-corrected chi connectivity index (χ1v) is 6.91. The molecule has 1 rings (SSSR count). The standard InChI is InChI=1S/C14H26N2O/c1-5-7-9-12-13(10-8-6-2)16(11(3)4)15-14(12)17/h11H,5-10H2,1-4H3,(H,15,17). The summed E-state index contributed by atoms with van der Waals surface area (Å²) in [7, 11) is 0. The van der Waals surface area contributed by atoms with Gasteiger partial charge in [0.05, 0.1) is 0 Å². The van der Waals surface area contributed by atoms with Gasteiger partial charge in [-0.15, -0.1) is 5.10 Å². The number of unbranched alkanes of at least 4 members (excludes halogenated alkanes) is 2. The van der Waals surface area contributed by atoms with Gasteiger partial charge < -0.3 is 5.11 Å². The van der Waals surface area contributed by atoms with Gasteiger partial charge in [-0.2, -0.15) is 0 Å². The molecule has 1 heterocycles. The van der Waals surface area contributed by atoms with Gasteiger partial charge in [0.25, 0.3) is 0 Å². The molecule has 0 saturated carbocycles. The van der Waals surface area contributed by atoms with Crippen molar-refractivity contribution >= 4 is 0 Å². The highest BCUT2D eigenvalue weighted by atomic mass is 16.3. The molecule has 0 aliphatic carbocycles. The van der Waals surface area contributed by atoms with Gasteiger partial charge in [-0.25, -0.2) is 0 Å². The molecule has 0 fully saturated rings. The van der Waals surface area contributed by atoms with Crippen LogP contribution >= 0.6 is 0 Å². The molecule has 0 spiro atoms. The smallest absolute Gasteiger partial charge is 0.233 e. The molecule has 98 valence electrons. The molecule has 1 N–H and O–H groups in total. The van der Waals surface area contributed by atoms with Crippen LogP contribution in [0.3, 0.4) is 0 Å². The van der Waals surface area contributed by atoms with Gasteiger partial charge in [0.2, 0.25) is 5.88 Å². The zero-order valence-electron chi connectivity index (χ0n) is 11.7. The van der Waals surface area contributed by atoms with Crippen molar-refractivity contribution in [1.82, 2.24) is 9.78 Å². The summed E-state index contributed by atoms with van der Waals surface area (Å²) in [5.41, 5.74) is 2.32. The van der Waals surface area contributed by atoms with Gasteiger partial charge in [0, 0.05) is 17.3 Å². The zero-order chi connectivity index (χ0) is 12.8. The third kappa shape index (κ3) is 3.48. The third-order valence-electron chi connectivity index (χ3n) is 3.13. The maximum absolute atomic E-state index is 9.96. The Kier molecular flexibility index (Phi) is 5.52. The highest BCUT2D eigenvalue weighted by molar-refractivity contribution is 5.31. The van der Waals surface area contributed by atoms with E-state index in [4.69, 9.17) is 0 Å². The summed E-state index contributed by atoms with van der Waals surface area (Å²) in [4.78, 5) is 0. The fraction of sp³-hybridized carbons (Fsp3) is 0.786. The van der Waals surface area contributed by atoms with E-state index >= 15 is 0 Å². The van der Waals surface area contributed by atoms with Crippen LogP contribution in [0.25, 0.3) is 0 Å². The van der Waals surface area contributed by atoms with Crippen LogP contribution in [-0.2, 0) is 12.8 Å². The fourth-order valence-corrected chi connectivity index (χ4v) is 2.14. The molecule has 0 aromatic carbocycles. The third-order valence-corrected chi connectivity index (χ3v) is 3.13. The van der Waals surface area contributed by atoms with Gasteiger partial charge in [0.1, 0.15) is 0 Å². The minimum Gasteiger partial charge on any atom is -0.492 e. The van der Waals surface area contributed by atoms with Gasteiger partial charge in [0.15, 0.2) is 0 Å². The van der Waals surface area contributed by atoms with E-state index < -0.39 is 0 Å². The molecule has 1 aromatic heterocycles. The summed E-state index contributed by atoms with van der Waals surface area (Å²) in [6.45, 7) is 8.61. The summed E-state index contributed by atoms with van der Waals surface area (Å²) in [5.74, 6) is 0.248. The van der Waals surface area contributed by atoms with Gasteiger partial charge in [-0.1, -0.05) is 26.7 Å². The van der Waals surface area contributed by atoms with Crippen LogP contribution in [0, 0.1) is 0 Å². The number of aromatic nitrogens is 2. The summed E-state index contributed by atoms with van der Waals surface area (Å²) in [5, 5.41) is 14.2. The maximum atomic E-state index is 9.96. The topological polar surface area (TPSA) is 38.1 Å². The molecule has 3 nitrogen and oxygen atoms in total. The van der Waals surface area contributed by atoms with Crippen LogP contribution in [0.4, 0.5) is 0 Å². The predicted molar refractivity (Wildman–Crippen MR) is 71.5 cm³/mol. The van der Waals surface area contributed by atoms with E-state index in [0.717, 1.165) is 37.7 Å². The molecule has 0 radical (unpaired) electrons. The molecule has 1 aromatic rings. The highest BCUT2D eigenvalue weighted by Gasteiger charge is 2.17. The second kappa shape index (κ2) is 6.67. The van der Waals surface area contributed by atoms with Crippen molar-refractivity contribution in [3.63, 3.8) is 0 Å². The van der Waals surface area contributed by atoms with Crippen LogP contribution in [0.15, 0.2) is 0 Å². The highest BCUT2D eigenvalue weighted by Crippen LogP contribution is 2.26. The summed E-state index contributed by atoms with van der Waals surface area (Å²) < 4.78 is 2.00. The Morgan fingerprint density at radius 3 is 2.24 bits per heavy atom. The van der Waals surface area contributed by atoms with Crippen molar-refractivity contribution in [2.75, 3.05) is 0 Å². The van der Waals surface area contributed by atoms with E-state index in [-0.39, 0.29) is 5.88 Å². The second-order valence-corrected chi connectivity index (χ2v) is 4.99. The van der Waals surface area contributed by atoms with Crippen LogP contribution in [-0.4, -0.2) is 14.9 Å². The van der Waals surface area contributed by atoms with E-state index in [9.17, 15) is 5.11 Å². The molecule has 0 bridgehead atoms. The summed E-state index contributed by atoms with van der Waals surface area (Å²) in [6, 6.07) is 0.322. The minimum atomic E-state index is 0.248. The maximum Gasteiger partial charge on any atom is 0.233 e. The van der Waals surface area contributed by atoms with Crippen molar-refractivity contribution in [1.29, 1.82) is 0 Å². The van der Waals surface area contributed by atoms with Crippen molar-refractivity contribution < 1.29 is 5.11 Å². The molecule has 0 aliphatic heterocycles. The summed E-state index contributed by atoms with van der Waals surface area (Å²) in [6.07, 6.45) is 6.60. The molecule has 0 unspecified atom stereocenters. The lowest BCUT2D eigenvalue weighted by molar-refractivity contribution is 0.420. The van der Waals surface area contributed by atoms with Crippen LogP contribution in [0.5, 0.6) is 5.88 Å². The van der Waals surface area contributed by atoms with Crippen molar-refractivity contribution in [2.24, 2.45) is 0 Å². The first-order valence-electron chi connectivity index (χ1n) is 6.91. The normalized spacial score (nSPS) is 11.4. The fourth-order valence-electron chi connectivity index (χ4n) is 2.14. The van der Waals surface area contributed by atoms with Gasteiger partial charge >= 0.3 is 0 Å². The Morgan fingerprint density at radius 1 is 1.12 bits per heavy atom. The number of aromatic hydroxyl groups is 1. The quantitative estimate of drug-likeness (QED) is 0.783. The molecular weight excluding hydrogens is 212 g/mol. The number of nitrogens with zero attached hydrogens (tertiary/aromatic N) is 2.